The van der Waals surface area contributed by atoms with E-state index in [1.165, 1.54) is 11.3 Å². The van der Waals surface area contributed by atoms with Crippen molar-refractivity contribution in [2.75, 3.05) is 11.9 Å². The van der Waals surface area contributed by atoms with Crippen LogP contribution in [0.2, 0.25) is 0 Å². The monoisotopic (exact) mass is 408 g/mol. The Hall–Kier alpha value is -2.93. The van der Waals surface area contributed by atoms with Gasteiger partial charge < -0.3 is 10.2 Å². The van der Waals surface area contributed by atoms with Crippen LogP contribution in [0.25, 0.3) is 5.69 Å². The van der Waals surface area contributed by atoms with E-state index in [0.29, 0.717) is 24.2 Å². The molecule has 6 nitrogen and oxygen atoms in total. The van der Waals surface area contributed by atoms with Crippen molar-refractivity contribution < 1.29 is 9.59 Å². The maximum absolute atomic E-state index is 12.9. The first-order valence-electron chi connectivity index (χ1n) is 9.80. The number of amides is 2. The van der Waals surface area contributed by atoms with Crippen molar-refractivity contribution in [3.63, 3.8) is 0 Å². The lowest BCUT2D eigenvalue weighted by Crippen LogP contribution is -2.49. The quantitative estimate of drug-likeness (QED) is 0.704. The molecule has 4 rings (SSSR count). The number of aryl methyl sites for hydroxylation is 2. The molecule has 0 spiro atoms. The Morgan fingerprint density at radius 1 is 1.14 bits per heavy atom. The molecule has 0 bridgehead atoms. The van der Waals surface area contributed by atoms with Gasteiger partial charge in [-0.25, -0.2) is 4.68 Å². The summed E-state index contributed by atoms with van der Waals surface area (Å²) in [6, 6.07) is 11.0. The molecular weight excluding hydrogens is 384 g/mol. The Morgan fingerprint density at radius 3 is 2.59 bits per heavy atom. The zero-order valence-electron chi connectivity index (χ0n) is 16.6. The predicted octanol–water partition coefficient (Wildman–Crippen LogP) is 4.18. The molecule has 1 N–H and O–H groups in total. The van der Waals surface area contributed by atoms with E-state index in [1.54, 1.807) is 4.90 Å². The highest BCUT2D eigenvalue weighted by Gasteiger charge is 2.32. The average Bonchev–Trinajstić information content (AvgIpc) is 3.37. The lowest BCUT2D eigenvalue weighted by atomic mass is 10.0. The number of thiophene rings is 1. The van der Waals surface area contributed by atoms with Gasteiger partial charge in [0, 0.05) is 23.3 Å². The molecule has 2 aromatic heterocycles. The Morgan fingerprint density at radius 2 is 1.93 bits per heavy atom. The van der Waals surface area contributed by atoms with Crippen LogP contribution in [0.1, 0.15) is 41.0 Å². The van der Waals surface area contributed by atoms with Crippen LogP contribution >= 0.6 is 11.3 Å². The minimum absolute atomic E-state index is 0.0639. The Kier molecular flexibility index (Phi) is 5.49. The molecule has 3 heterocycles. The summed E-state index contributed by atoms with van der Waals surface area (Å²) in [5.41, 5.74) is 4.34. The number of aromatic nitrogens is 2. The molecule has 0 aliphatic carbocycles. The fourth-order valence-corrected chi connectivity index (χ4v) is 4.43. The van der Waals surface area contributed by atoms with Gasteiger partial charge in [0.25, 0.3) is 5.91 Å². The summed E-state index contributed by atoms with van der Waals surface area (Å²) < 4.78 is 1.88. The van der Waals surface area contributed by atoms with Crippen LogP contribution in [0.5, 0.6) is 0 Å². The first kappa shape index (κ1) is 19.4. The first-order chi connectivity index (χ1) is 14.0. The maximum atomic E-state index is 12.9. The summed E-state index contributed by atoms with van der Waals surface area (Å²) in [5.74, 6) is -0.196. The normalized spacial score (nSPS) is 16.6. The van der Waals surface area contributed by atoms with E-state index in [4.69, 9.17) is 0 Å². The Bertz CT molecular complexity index is 1010. The highest BCUT2D eigenvalue weighted by Crippen LogP contribution is 2.23. The van der Waals surface area contributed by atoms with Crippen LogP contribution in [0.15, 0.2) is 47.2 Å². The van der Waals surface area contributed by atoms with Crippen molar-refractivity contribution in [3.05, 3.63) is 64.1 Å². The van der Waals surface area contributed by atoms with Crippen LogP contribution in [-0.2, 0) is 4.79 Å². The third-order valence-corrected chi connectivity index (χ3v) is 5.91. The number of carbonyl (C=O) groups excluding carboxylic acids is 2. The SMILES string of the molecule is Cc1cc(C)n(-c2ccc(NC(=O)[C@@H]3CCCCN3C(=O)c3ccsc3)cc2)n1. The van der Waals surface area contributed by atoms with Crippen LogP contribution < -0.4 is 5.32 Å². The second-order valence-corrected chi connectivity index (χ2v) is 8.18. The molecule has 2 amide bonds. The number of nitrogens with zero attached hydrogens (tertiary/aromatic N) is 3. The number of hydrogen-bond acceptors (Lipinski definition) is 4. The van der Waals surface area contributed by atoms with E-state index in [-0.39, 0.29) is 11.8 Å². The smallest absolute Gasteiger partial charge is 0.255 e. The summed E-state index contributed by atoms with van der Waals surface area (Å²) >= 11 is 1.49. The molecule has 1 aliphatic heterocycles. The van der Waals surface area contributed by atoms with Crippen molar-refractivity contribution >= 4 is 28.8 Å². The van der Waals surface area contributed by atoms with Gasteiger partial charge in [0.1, 0.15) is 6.04 Å². The lowest BCUT2D eigenvalue weighted by Gasteiger charge is -2.34. The van der Waals surface area contributed by atoms with Crippen LogP contribution in [-0.4, -0.2) is 39.1 Å². The van der Waals surface area contributed by atoms with Crippen molar-refractivity contribution in [1.29, 1.82) is 0 Å². The van der Waals surface area contributed by atoms with Crippen molar-refractivity contribution in [2.45, 2.75) is 39.2 Å². The second kappa shape index (κ2) is 8.21. The zero-order chi connectivity index (χ0) is 20.4. The molecule has 0 saturated carbocycles. The van der Waals surface area contributed by atoms with Crippen LogP contribution in [0, 0.1) is 13.8 Å². The summed E-state index contributed by atoms with van der Waals surface area (Å²) in [4.78, 5) is 27.5. The number of anilines is 1. The van der Waals surface area contributed by atoms with Gasteiger partial charge in [-0.2, -0.15) is 16.4 Å². The molecule has 1 saturated heterocycles. The first-order valence-corrected chi connectivity index (χ1v) is 10.7. The van der Waals surface area contributed by atoms with E-state index in [1.807, 2.05) is 65.7 Å². The minimum atomic E-state index is -0.438. The molecule has 1 aromatic carbocycles. The van der Waals surface area contributed by atoms with E-state index in [2.05, 4.69) is 10.4 Å². The molecular formula is C22H24N4O2S. The van der Waals surface area contributed by atoms with Crippen molar-refractivity contribution in [1.82, 2.24) is 14.7 Å². The minimum Gasteiger partial charge on any atom is -0.327 e. The Labute approximate surface area is 174 Å². The average molecular weight is 409 g/mol. The third kappa shape index (κ3) is 4.10. The van der Waals surface area contributed by atoms with Crippen molar-refractivity contribution in [3.8, 4) is 5.69 Å². The molecule has 1 fully saturated rings. The van der Waals surface area contributed by atoms with Gasteiger partial charge >= 0.3 is 0 Å². The highest BCUT2D eigenvalue weighted by atomic mass is 32.1. The molecule has 0 radical (unpaired) electrons. The fraction of sp³-hybridized carbons (Fsp3) is 0.318. The van der Waals surface area contributed by atoms with Gasteiger partial charge in [0.2, 0.25) is 5.91 Å². The third-order valence-electron chi connectivity index (χ3n) is 5.22. The molecule has 1 atom stereocenters. The lowest BCUT2D eigenvalue weighted by molar-refractivity contribution is -0.121. The molecule has 150 valence electrons. The van der Waals surface area contributed by atoms with Gasteiger partial charge in [-0.05, 0) is 74.9 Å². The van der Waals surface area contributed by atoms with Gasteiger partial charge in [-0.3, -0.25) is 9.59 Å². The summed E-state index contributed by atoms with van der Waals surface area (Å²) in [5, 5.41) is 11.2. The number of nitrogens with one attached hydrogen (secondary N) is 1. The molecule has 29 heavy (non-hydrogen) atoms. The van der Waals surface area contributed by atoms with E-state index in [9.17, 15) is 9.59 Å². The van der Waals surface area contributed by atoms with Crippen LogP contribution in [0.4, 0.5) is 5.69 Å². The zero-order valence-corrected chi connectivity index (χ0v) is 17.4. The predicted molar refractivity (Wildman–Crippen MR) is 115 cm³/mol. The summed E-state index contributed by atoms with van der Waals surface area (Å²) in [6.45, 7) is 4.59. The number of rotatable bonds is 4. The number of likely N-dealkylation sites (tertiary alicyclic amines) is 1. The number of carbonyl (C=O) groups is 2. The van der Waals surface area contributed by atoms with Gasteiger partial charge in [0.05, 0.1) is 16.9 Å². The Balaban J connectivity index is 1.47. The second-order valence-electron chi connectivity index (χ2n) is 7.40. The molecule has 1 aliphatic rings. The molecule has 0 unspecified atom stereocenters. The van der Waals surface area contributed by atoms with E-state index in [0.717, 1.165) is 29.9 Å². The molecule has 3 aromatic rings. The van der Waals surface area contributed by atoms with Gasteiger partial charge in [-0.1, -0.05) is 0 Å². The number of benzene rings is 1. The highest BCUT2D eigenvalue weighted by molar-refractivity contribution is 7.08. The van der Waals surface area contributed by atoms with Crippen molar-refractivity contribution in [2.24, 2.45) is 0 Å². The maximum Gasteiger partial charge on any atom is 0.255 e. The number of piperidine rings is 1. The van der Waals surface area contributed by atoms with Gasteiger partial charge in [0.15, 0.2) is 0 Å². The van der Waals surface area contributed by atoms with Gasteiger partial charge in [-0.15, -0.1) is 0 Å². The topological polar surface area (TPSA) is 67.2 Å². The standard InChI is InChI=1S/C22H24N4O2S/c1-15-13-16(2)26(24-15)19-8-6-18(7-9-19)23-21(27)20-5-3-4-11-25(20)22(28)17-10-12-29-14-17/h6-10,12-14,20H,3-5,11H2,1-2H3,(H,23,27)/t20-/m0/s1. The van der Waals surface area contributed by atoms with Crippen LogP contribution in [0.3, 0.4) is 0 Å². The summed E-state index contributed by atoms with van der Waals surface area (Å²) in [7, 11) is 0. The largest absolute Gasteiger partial charge is 0.327 e. The fourth-order valence-electron chi connectivity index (χ4n) is 3.80. The molecule has 7 heteroatoms. The summed E-state index contributed by atoms with van der Waals surface area (Å²) in [6.07, 6.45) is 2.56. The van der Waals surface area contributed by atoms with E-state index >= 15 is 0 Å². The number of hydrogen-bond donors (Lipinski definition) is 1. The van der Waals surface area contributed by atoms with E-state index < -0.39 is 6.04 Å².